The maximum Gasteiger partial charge on any atom is 0.243 e. The number of carbonyl (C=O) groups excluding carboxylic acids is 1. The van der Waals surface area contributed by atoms with Crippen LogP contribution in [0.4, 0.5) is 0 Å². The number of Topliss-reactive ketones (excluding diaryl/α,β-unsaturated/α-hetero) is 1. The van der Waals surface area contributed by atoms with E-state index in [0.29, 0.717) is 31.5 Å². The van der Waals surface area contributed by atoms with Crippen molar-refractivity contribution in [2.45, 2.75) is 56.4 Å². The number of sulfonamides is 1. The largest absolute Gasteiger partial charge is 0.396 e. The van der Waals surface area contributed by atoms with E-state index in [0.717, 1.165) is 32.3 Å². The molecule has 0 saturated carbocycles. The smallest absolute Gasteiger partial charge is 0.243 e. The fourth-order valence-corrected chi connectivity index (χ4v) is 5.53. The van der Waals surface area contributed by atoms with Crippen molar-refractivity contribution in [2.75, 3.05) is 26.3 Å². The molecule has 0 aromatic heterocycles. The zero-order valence-electron chi connectivity index (χ0n) is 15.9. The summed E-state index contributed by atoms with van der Waals surface area (Å²) in [6.45, 7) is 3.09. The van der Waals surface area contributed by atoms with E-state index in [9.17, 15) is 18.3 Å². The quantitative estimate of drug-likeness (QED) is 0.749. The van der Waals surface area contributed by atoms with Crippen LogP contribution in [0.5, 0.6) is 0 Å². The molecular weight excluding hydrogens is 366 g/mol. The first-order chi connectivity index (χ1) is 12.9. The van der Waals surface area contributed by atoms with E-state index in [-0.39, 0.29) is 28.8 Å². The molecule has 1 aromatic carbocycles. The summed E-state index contributed by atoms with van der Waals surface area (Å²) in [5, 5.41) is 10.0. The Morgan fingerprint density at radius 2 is 1.89 bits per heavy atom. The molecule has 7 heteroatoms. The lowest BCUT2D eigenvalue weighted by atomic mass is 9.74. The van der Waals surface area contributed by atoms with E-state index in [1.165, 1.54) is 23.4 Å². The number of ketones is 1. The minimum absolute atomic E-state index is 0.0635. The van der Waals surface area contributed by atoms with Gasteiger partial charge in [-0.3, -0.25) is 4.79 Å². The Morgan fingerprint density at radius 1 is 1.22 bits per heavy atom. The molecule has 2 aliphatic rings. The first-order valence-electron chi connectivity index (χ1n) is 9.70. The Labute approximate surface area is 161 Å². The normalized spacial score (nSPS) is 23.9. The molecule has 6 nitrogen and oxygen atoms in total. The van der Waals surface area contributed by atoms with Gasteiger partial charge >= 0.3 is 0 Å². The molecule has 27 heavy (non-hydrogen) atoms. The van der Waals surface area contributed by atoms with Crippen molar-refractivity contribution in [3.05, 3.63) is 29.8 Å². The highest BCUT2D eigenvalue weighted by Crippen LogP contribution is 2.39. The first-order valence-corrected chi connectivity index (χ1v) is 11.1. The standard InChI is InChI=1S/C20H29NO5S/c1-16(23)17-5-7-19(8-6-17)27(24,25)21-11-9-20(15-22,10-12-21)14-18-4-2-3-13-26-18/h5-8,18,22H,2-4,9-15H2,1H3. The van der Waals surface area contributed by atoms with E-state index < -0.39 is 10.0 Å². The number of rotatable bonds is 6. The van der Waals surface area contributed by atoms with Crippen LogP contribution in [0.1, 0.15) is 55.8 Å². The summed E-state index contributed by atoms with van der Waals surface area (Å²) in [6, 6.07) is 6.10. The van der Waals surface area contributed by atoms with Crippen molar-refractivity contribution in [3.8, 4) is 0 Å². The molecular formula is C20H29NO5S. The third kappa shape index (κ3) is 4.59. The summed E-state index contributed by atoms with van der Waals surface area (Å²) in [7, 11) is -3.59. The average molecular weight is 396 g/mol. The van der Waals surface area contributed by atoms with Crippen molar-refractivity contribution >= 4 is 15.8 Å². The van der Waals surface area contributed by atoms with Crippen molar-refractivity contribution in [1.29, 1.82) is 0 Å². The molecule has 0 radical (unpaired) electrons. The van der Waals surface area contributed by atoms with Gasteiger partial charge in [-0.25, -0.2) is 8.42 Å². The minimum atomic E-state index is -3.59. The second kappa shape index (κ2) is 8.39. The number of aliphatic hydroxyl groups excluding tert-OH is 1. The number of carbonyl (C=O) groups is 1. The van der Waals surface area contributed by atoms with E-state index in [4.69, 9.17) is 4.74 Å². The van der Waals surface area contributed by atoms with Crippen LogP contribution in [-0.4, -0.2) is 56.0 Å². The molecule has 2 saturated heterocycles. The average Bonchev–Trinajstić information content (AvgIpc) is 2.69. The van der Waals surface area contributed by atoms with Crippen LogP contribution < -0.4 is 0 Å². The zero-order valence-corrected chi connectivity index (χ0v) is 16.7. The predicted molar refractivity (Wildman–Crippen MR) is 102 cm³/mol. The minimum Gasteiger partial charge on any atom is -0.396 e. The zero-order chi connectivity index (χ0) is 19.5. The van der Waals surface area contributed by atoms with E-state index >= 15 is 0 Å². The Bertz CT molecular complexity index is 745. The van der Waals surface area contributed by atoms with Gasteiger partial charge in [0.05, 0.1) is 11.0 Å². The predicted octanol–water partition coefficient (Wildman–Crippen LogP) is 2.61. The van der Waals surface area contributed by atoms with Gasteiger partial charge < -0.3 is 9.84 Å². The van der Waals surface area contributed by atoms with Crippen molar-refractivity contribution < 1.29 is 23.1 Å². The summed E-state index contributed by atoms with van der Waals surface area (Å²) in [5.74, 6) is -0.0884. The molecule has 150 valence electrons. The van der Waals surface area contributed by atoms with Gasteiger partial charge in [0.15, 0.2) is 5.78 Å². The lowest BCUT2D eigenvalue weighted by Gasteiger charge is -2.42. The van der Waals surface area contributed by atoms with Gasteiger partial charge in [0.25, 0.3) is 0 Å². The molecule has 2 fully saturated rings. The van der Waals surface area contributed by atoms with Gasteiger partial charge in [0, 0.05) is 31.9 Å². The molecule has 0 spiro atoms. The number of piperidine rings is 1. The van der Waals surface area contributed by atoms with Crippen LogP contribution in [0.2, 0.25) is 0 Å². The summed E-state index contributed by atoms with van der Waals surface area (Å²) in [5.41, 5.74) is 0.242. The Morgan fingerprint density at radius 3 is 2.41 bits per heavy atom. The molecule has 2 aliphatic heterocycles. The maximum atomic E-state index is 12.9. The van der Waals surface area contributed by atoms with E-state index in [2.05, 4.69) is 0 Å². The van der Waals surface area contributed by atoms with Crippen LogP contribution in [0.15, 0.2) is 29.2 Å². The molecule has 0 aliphatic carbocycles. The number of nitrogens with zero attached hydrogens (tertiary/aromatic N) is 1. The molecule has 1 unspecified atom stereocenters. The molecule has 0 amide bonds. The number of hydrogen-bond donors (Lipinski definition) is 1. The number of hydrogen-bond acceptors (Lipinski definition) is 5. The van der Waals surface area contributed by atoms with Gasteiger partial charge in [-0.1, -0.05) is 12.1 Å². The van der Waals surface area contributed by atoms with Crippen molar-refractivity contribution in [1.82, 2.24) is 4.31 Å². The van der Waals surface area contributed by atoms with Gasteiger partial charge in [0.1, 0.15) is 0 Å². The highest BCUT2D eigenvalue weighted by molar-refractivity contribution is 7.89. The lowest BCUT2D eigenvalue weighted by molar-refractivity contribution is -0.0421. The Kier molecular flexibility index (Phi) is 6.35. The van der Waals surface area contributed by atoms with Crippen LogP contribution in [-0.2, 0) is 14.8 Å². The Balaban J connectivity index is 1.66. The highest BCUT2D eigenvalue weighted by Gasteiger charge is 2.40. The summed E-state index contributed by atoms with van der Waals surface area (Å²) in [6.07, 6.45) is 5.51. The molecule has 0 bridgehead atoms. The third-order valence-corrected chi connectivity index (χ3v) is 7.86. The molecule has 2 heterocycles. The molecule has 1 atom stereocenters. The maximum absolute atomic E-state index is 12.9. The van der Waals surface area contributed by atoms with Crippen LogP contribution in [0.25, 0.3) is 0 Å². The Hall–Kier alpha value is -1.28. The topological polar surface area (TPSA) is 83.9 Å². The van der Waals surface area contributed by atoms with Gasteiger partial charge in [0.2, 0.25) is 10.0 Å². The van der Waals surface area contributed by atoms with Crippen LogP contribution in [0, 0.1) is 5.41 Å². The number of aliphatic hydroxyl groups is 1. The van der Waals surface area contributed by atoms with E-state index in [1.54, 1.807) is 12.1 Å². The third-order valence-electron chi connectivity index (χ3n) is 5.95. The van der Waals surface area contributed by atoms with Gasteiger partial charge in [-0.05, 0) is 63.0 Å². The van der Waals surface area contributed by atoms with Gasteiger partial charge in [-0.15, -0.1) is 0 Å². The van der Waals surface area contributed by atoms with Crippen molar-refractivity contribution in [2.24, 2.45) is 5.41 Å². The van der Waals surface area contributed by atoms with Crippen molar-refractivity contribution in [3.63, 3.8) is 0 Å². The monoisotopic (exact) mass is 395 g/mol. The number of benzene rings is 1. The fraction of sp³-hybridized carbons (Fsp3) is 0.650. The van der Waals surface area contributed by atoms with Crippen LogP contribution >= 0.6 is 0 Å². The first kappa shape index (κ1) is 20.5. The summed E-state index contributed by atoms with van der Waals surface area (Å²) >= 11 is 0. The van der Waals surface area contributed by atoms with Gasteiger partial charge in [-0.2, -0.15) is 4.31 Å². The fourth-order valence-electron chi connectivity index (χ4n) is 4.09. The highest BCUT2D eigenvalue weighted by atomic mass is 32.2. The molecule has 1 N–H and O–H groups in total. The molecule has 1 aromatic rings. The molecule has 3 rings (SSSR count). The van der Waals surface area contributed by atoms with E-state index in [1.807, 2.05) is 0 Å². The summed E-state index contributed by atoms with van der Waals surface area (Å²) < 4.78 is 33.1. The van der Waals surface area contributed by atoms with Crippen LogP contribution in [0.3, 0.4) is 0 Å². The number of ether oxygens (including phenoxy) is 1. The second-order valence-electron chi connectivity index (χ2n) is 7.84. The second-order valence-corrected chi connectivity index (χ2v) is 9.77. The lowest BCUT2D eigenvalue weighted by Crippen LogP contribution is -2.46. The SMILES string of the molecule is CC(=O)c1ccc(S(=O)(=O)N2CCC(CO)(CC3CCCCO3)CC2)cc1. The summed E-state index contributed by atoms with van der Waals surface area (Å²) in [4.78, 5) is 11.6.